The van der Waals surface area contributed by atoms with Crippen molar-refractivity contribution in [3.8, 4) is 0 Å². The van der Waals surface area contributed by atoms with E-state index in [4.69, 9.17) is 27.9 Å². The van der Waals surface area contributed by atoms with Crippen molar-refractivity contribution in [2.45, 2.75) is 13.0 Å². The van der Waals surface area contributed by atoms with Crippen molar-refractivity contribution in [3.63, 3.8) is 0 Å². The molecule has 0 fully saturated rings. The Kier molecular flexibility index (Phi) is 4.27. The maximum atomic E-state index is 11.2. The minimum absolute atomic E-state index is 0.348. The molecule has 0 radical (unpaired) electrons. The van der Waals surface area contributed by atoms with E-state index >= 15 is 0 Å². The summed E-state index contributed by atoms with van der Waals surface area (Å²) in [4.78, 5) is 12.0. The number of benzene rings is 1. The molecule has 1 heterocycles. The Morgan fingerprint density at radius 2 is 1.89 bits per heavy atom. The quantitative estimate of drug-likeness (QED) is 0.768. The van der Waals surface area contributed by atoms with E-state index in [1.165, 1.54) is 18.3 Å². The van der Waals surface area contributed by atoms with Crippen molar-refractivity contribution in [1.82, 2.24) is 0 Å². The van der Waals surface area contributed by atoms with Crippen molar-refractivity contribution in [1.29, 1.82) is 0 Å². The van der Waals surface area contributed by atoms with Gasteiger partial charge in [0.1, 0.15) is 0 Å². The van der Waals surface area contributed by atoms with Gasteiger partial charge in [-0.15, -0.1) is 11.3 Å². The summed E-state index contributed by atoms with van der Waals surface area (Å²) in [5.74, 6) is -0.348. The topological polar surface area (TPSA) is 26.3 Å². The van der Waals surface area contributed by atoms with Gasteiger partial charge in [-0.1, -0.05) is 35.3 Å². The number of thiophene rings is 1. The van der Waals surface area contributed by atoms with Gasteiger partial charge in [-0.3, -0.25) is 4.79 Å². The number of halogens is 2. The summed E-state index contributed by atoms with van der Waals surface area (Å²) in [5, 5.41) is 3.10. The van der Waals surface area contributed by atoms with Crippen molar-refractivity contribution < 1.29 is 9.53 Å². The standard InChI is InChI=1S/C13H10Cl2O2S/c1-8(16)17-12(13-11(15)6-7-18-13)9-2-4-10(14)5-3-9/h2-7,12H,1H3. The maximum Gasteiger partial charge on any atom is 0.303 e. The van der Waals surface area contributed by atoms with Crippen molar-refractivity contribution in [2.24, 2.45) is 0 Å². The fourth-order valence-electron chi connectivity index (χ4n) is 1.57. The number of carbonyl (C=O) groups excluding carboxylic acids is 1. The highest BCUT2D eigenvalue weighted by atomic mass is 35.5. The maximum absolute atomic E-state index is 11.2. The molecule has 1 unspecified atom stereocenters. The van der Waals surface area contributed by atoms with Crippen LogP contribution in [0.5, 0.6) is 0 Å². The zero-order chi connectivity index (χ0) is 13.1. The van der Waals surface area contributed by atoms with E-state index in [1.54, 1.807) is 18.2 Å². The molecule has 94 valence electrons. The van der Waals surface area contributed by atoms with Crippen molar-refractivity contribution in [3.05, 3.63) is 56.2 Å². The minimum atomic E-state index is -0.479. The summed E-state index contributed by atoms with van der Waals surface area (Å²) in [6.45, 7) is 1.38. The van der Waals surface area contributed by atoms with Crippen LogP contribution in [0.2, 0.25) is 10.0 Å². The molecule has 0 aliphatic rings. The molecule has 0 saturated heterocycles. The van der Waals surface area contributed by atoms with Gasteiger partial charge in [0.2, 0.25) is 0 Å². The first-order valence-electron chi connectivity index (χ1n) is 5.23. The van der Waals surface area contributed by atoms with Crippen LogP contribution in [0, 0.1) is 0 Å². The zero-order valence-electron chi connectivity index (χ0n) is 9.52. The Bertz CT molecular complexity index is 548. The molecular weight excluding hydrogens is 291 g/mol. The number of hydrogen-bond donors (Lipinski definition) is 0. The van der Waals surface area contributed by atoms with Crippen LogP contribution in [0.25, 0.3) is 0 Å². The fraction of sp³-hybridized carbons (Fsp3) is 0.154. The summed E-state index contributed by atoms with van der Waals surface area (Å²) in [6.07, 6.45) is -0.479. The first kappa shape index (κ1) is 13.4. The lowest BCUT2D eigenvalue weighted by atomic mass is 10.1. The predicted molar refractivity (Wildman–Crippen MR) is 74.4 cm³/mol. The van der Waals surface area contributed by atoms with Crippen molar-refractivity contribution in [2.75, 3.05) is 0 Å². The van der Waals surface area contributed by atoms with E-state index in [-0.39, 0.29) is 5.97 Å². The minimum Gasteiger partial charge on any atom is -0.452 e. The second-order valence-electron chi connectivity index (χ2n) is 3.67. The molecule has 0 bridgehead atoms. The molecule has 1 aromatic carbocycles. The van der Waals surface area contributed by atoms with Crippen LogP contribution in [-0.4, -0.2) is 5.97 Å². The van der Waals surface area contributed by atoms with Crippen LogP contribution in [0.15, 0.2) is 35.7 Å². The Labute approximate surface area is 119 Å². The molecule has 1 aromatic heterocycles. The molecule has 0 saturated carbocycles. The van der Waals surface area contributed by atoms with E-state index in [0.717, 1.165) is 10.4 Å². The summed E-state index contributed by atoms with van der Waals surface area (Å²) in [5.41, 5.74) is 0.846. The Balaban J connectivity index is 2.39. The third kappa shape index (κ3) is 3.05. The summed E-state index contributed by atoms with van der Waals surface area (Å²) < 4.78 is 5.35. The summed E-state index contributed by atoms with van der Waals surface area (Å²) in [6, 6.07) is 8.95. The highest BCUT2D eigenvalue weighted by molar-refractivity contribution is 7.10. The van der Waals surface area contributed by atoms with Crippen LogP contribution in [-0.2, 0) is 9.53 Å². The second kappa shape index (κ2) is 5.74. The average molecular weight is 301 g/mol. The van der Waals surface area contributed by atoms with Gasteiger partial charge in [0, 0.05) is 11.9 Å². The van der Waals surface area contributed by atoms with Gasteiger partial charge in [-0.05, 0) is 29.1 Å². The zero-order valence-corrected chi connectivity index (χ0v) is 11.9. The molecule has 0 amide bonds. The molecule has 18 heavy (non-hydrogen) atoms. The first-order chi connectivity index (χ1) is 8.58. The lowest BCUT2D eigenvalue weighted by Gasteiger charge is -2.16. The molecule has 0 spiro atoms. The van der Waals surface area contributed by atoms with E-state index in [2.05, 4.69) is 0 Å². The summed E-state index contributed by atoms with van der Waals surface area (Å²) >= 11 is 13.4. The number of esters is 1. The van der Waals surface area contributed by atoms with E-state index < -0.39 is 6.10 Å². The molecule has 0 aliphatic carbocycles. The molecule has 0 aliphatic heterocycles. The molecule has 1 atom stereocenters. The number of ether oxygens (including phenoxy) is 1. The lowest BCUT2D eigenvalue weighted by Crippen LogP contribution is -2.09. The van der Waals surface area contributed by atoms with Gasteiger partial charge in [0.25, 0.3) is 0 Å². The number of rotatable bonds is 3. The lowest BCUT2D eigenvalue weighted by molar-refractivity contribution is -0.144. The Hall–Kier alpha value is -1.03. The number of hydrogen-bond acceptors (Lipinski definition) is 3. The van der Waals surface area contributed by atoms with Gasteiger partial charge in [0.15, 0.2) is 6.10 Å². The first-order valence-corrected chi connectivity index (χ1v) is 6.87. The van der Waals surface area contributed by atoms with E-state index in [0.29, 0.717) is 10.0 Å². The molecule has 2 nitrogen and oxygen atoms in total. The van der Waals surface area contributed by atoms with E-state index in [9.17, 15) is 4.79 Å². The van der Waals surface area contributed by atoms with Crippen LogP contribution >= 0.6 is 34.5 Å². The normalized spacial score (nSPS) is 12.2. The summed E-state index contributed by atoms with van der Waals surface area (Å²) in [7, 11) is 0. The third-order valence-electron chi connectivity index (χ3n) is 2.34. The van der Waals surface area contributed by atoms with Crippen molar-refractivity contribution >= 4 is 40.5 Å². The van der Waals surface area contributed by atoms with Gasteiger partial charge in [-0.2, -0.15) is 0 Å². The van der Waals surface area contributed by atoms with Gasteiger partial charge >= 0.3 is 5.97 Å². The van der Waals surface area contributed by atoms with Crippen LogP contribution in [0.3, 0.4) is 0 Å². The largest absolute Gasteiger partial charge is 0.452 e. The Morgan fingerprint density at radius 3 is 2.39 bits per heavy atom. The highest BCUT2D eigenvalue weighted by Gasteiger charge is 2.21. The second-order valence-corrected chi connectivity index (χ2v) is 5.47. The van der Waals surface area contributed by atoms with Crippen LogP contribution < -0.4 is 0 Å². The molecule has 2 aromatic rings. The van der Waals surface area contributed by atoms with Crippen LogP contribution in [0.1, 0.15) is 23.5 Å². The smallest absolute Gasteiger partial charge is 0.303 e. The Morgan fingerprint density at radius 1 is 1.22 bits per heavy atom. The van der Waals surface area contributed by atoms with Crippen LogP contribution in [0.4, 0.5) is 0 Å². The molecular formula is C13H10Cl2O2S. The molecule has 2 rings (SSSR count). The van der Waals surface area contributed by atoms with Gasteiger partial charge < -0.3 is 4.74 Å². The molecule has 0 N–H and O–H groups in total. The monoisotopic (exact) mass is 300 g/mol. The fourth-order valence-corrected chi connectivity index (χ4v) is 2.90. The predicted octanol–water partition coefficient (Wildman–Crippen LogP) is 4.71. The van der Waals surface area contributed by atoms with Gasteiger partial charge in [-0.25, -0.2) is 0 Å². The molecule has 5 heteroatoms. The number of carbonyl (C=O) groups is 1. The third-order valence-corrected chi connectivity index (χ3v) is 3.99. The van der Waals surface area contributed by atoms with Gasteiger partial charge in [0.05, 0.1) is 9.90 Å². The van der Waals surface area contributed by atoms with E-state index in [1.807, 2.05) is 17.5 Å². The average Bonchev–Trinajstić information content (AvgIpc) is 2.73. The SMILES string of the molecule is CC(=O)OC(c1ccc(Cl)cc1)c1sccc1Cl. The highest BCUT2D eigenvalue weighted by Crippen LogP contribution is 2.35.